The summed E-state index contributed by atoms with van der Waals surface area (Å²) in [6.45, 7) is 9.14. The monoisotopic (exact) mass is 477 g/mol. The average Bonchev–Trinajstić information content (AvgIpc) is 3.34. The minimum atomic E-state index is -0.585. The van der Waals surface area contributed by atoms with Gasteiger partial charge in [0.2, 0.25) is 0 Å². The molecule has 1 N–H and O–H groups in total. The first-order chi connectivity index (χ1) is 16.3. The SMILES string of the molecule is Cc1cc2nc(NCc3ccc(-c4ncc(C[C@@H]5COC(C)(C)O5)cc4F)cc3)sc2cc1C. The summed E-state index contributed by atoms with van der Waals surface area (Å²) in [7, 11) is 0. The topological polar surface area (TPSA) is 56.3 Å². The molecular weight excluding hydrogens is 449 g/mol. The highest BCUT2D eigenvalue weighted by atomic mass is 32.1. The van der Waals surface area contributed by atoms with Crippen molar-refractivity contribution in [2.45, 2.75) is 52.6 Å². The molecule has 4 aromatic rings. The van der Waals surface area contributed by atoms with Crippen LogP contribution in [0.3, 0.4) is 0 Å². The largest absolute Gasteiger partial charge is 0.357 e. The zero-order valence-corrected chi connectivity index (χ0v) is 20.6. The molecule has 3 heterocycles. The molecular formula is C27H28FN3O2S. The predicted molar refractivity (Wildman–Crippen MR) is 135 cm³/mol. The number of ether oxygens (including phenoxy) is 2. The fourth-order valence-corrected chi connectivity index (χ4v) is 5.08. The Balaban J connectivity index is 1.23. The van der Waals surface area contributed by atoms with Gasteiger partial charge in [-0.3, -0.25) is 4.98 Å². The van der Waals surface area contributed by atoms with Gasteiger partial charge in [0.25, 0.3) is 0 Å². The van der Waals surface area contributed by atoms with Crippen LogP contribution in [0.2, 0.25) is 0 Å². The van der Waals surface area contributed by atoms with Crippen molar-refractivity contribution >= 4 is 26.7 Å². The van der Waals surface area contributed by atoms with E-state index in [1.807, 2.05) is 38.1 Å². The third-order valence-electron chi connectivity index (χ3n) is 6.10. The predicted octanol–water partition coefficient (Wildman–Crippen LogP) is 6.42. The third kappa shape index (κ3) is 4.97. The van der Waals surface area contributed by atoms with Crippen molar-refractivity contribution in [3.05, 3.63) is 76.7 Å². The number of pyridine rings is 1. The molecule has 176 valence electrons. The fourth-order valence-electron chi connectivity index (χ4n) is 4.14. The number of fused-ring (bicyclic) bond motifs is 1. The van der Waals surface area contributed by atoms with Crippen molar-refractivity contribution in [3.63, 3.8) is 0 Å². The Kier molecular flexibility index (Phi) is 6.10. The van der Waals surface area contributed by atoms with E-state index in [4.69, 9.17) is 14.5 Å². The Morgan fingerprint density at radius 1 is 1.09 bits per heavy atom. The van der Waals surface area contributed by atoms with Crippen molar-refractivity contribution in [2.75, 3.05) is 11.9 Å². The zero-order chi connectivity index (χ0) is 23.9. The number of aromatic nitrogens is 2. The molecule has 34 heavy (non-hydrogen) atoms. The van der Waals surface area contributed by atoms with Gasteiger partial charge in [0.05, 0.1) is 22.9 Å². The molecule has 0 aliphatic carbocycles. The summed E-state index contributed by atoms with van der Waals surface area (Å²) in [6.07, 6.45) is 2.21. The van der Waals surface area contributed by atoms with Crippen LogP contribution in [0.5, 0.6) is 0 Å². The van der Waals surface area contributed by atoms with Gasteiger partial charge in [-0.1, -0.05) is 35.6 Å². The molecule has 5 rings (SSSR count). The van der Waals surface area contributed by atoms with Crippen LogP contribution in [-0.4, -0.2) is 28.5 Å². The number of aryl methyl sites for hydroxylation is 2. The number of rotatable bonds is 6. The van der Waals surface area contributed by atoms with Gasteiger partial charge in [0, 0.05) is 24.7 Å². The molecule has 2 aromatic heterocycles. The van der Waals surface area contributed by atoms with Crippen LogP contribution in [0.25, 0.3) is 21.5 Å². The van der Waals surface area contributed by atoms with Gasteiger partial charge in [-0.05, 0) is 68.1 Å². The molecule has 0 spiro atoms. The number of hydrogen-bond donors (Lipinski definition) is 1. The number of hydrogen-bond acceptors (Lipinski definition) is 6. The number of nitrogens with zero attached hydrogens (tertiary/aromatic N) is 2. The van der Waals surface area contributed by atoms with Gasteiger partial charge in [0.15, 0.2) is 10.9 Å². The highest BCUT2D eigenvalue weighted by Crippen LogP contribution is 2.29. The van der Waals surface area contributed by atoms with E-state index in [0.717, 1.165) is 27.3 Å². The van der Waals surface area contributed by atoms with E-state index in [1.54, 1.807) is 23.6 Å². The first-order valence-electron chi connectivity index (χ1n) is 11.4. The first-order valence-corrected chi connectivity index (χ1v) is 12.2. The molecule has 1 aliphatic heterocycles. The van der Waals surface area contributed by atoms with E-state index in [0.29, 0.717) is 25.3 Å². The Labute approximate surface area is 203 Å². The summed E-state index contributed by atoms with van der Waals surface area (Å²) in [5.41, 5.74) is 6.54. The Bertz CT molecular complexity index is 1290. The lowest BCUT2D eigenvalue weighted by molar-refractivity contribution is -0.138. The van der Waals surface area contributed by atoms with Crippen LogP contribution in [0.15, 0.2) is 48.7 Å². The second-order valence-electron chi connectivity index (χ2n) is 9.30. The summed E-state index contributed by atoms with van der Waals surface area (Å²) < 4.78 is 27.4. The maximum atomic E-state index is 14.8. The van der Waals surface area contributed by atoms with E-state index in [2.05, 4.69) is 36.3 Å². The minimum absolute atomic E-state index is 0.0858. The minimum Gasteiger partial charge on any atom is -0.357 e. The molecule has 5 nitrogen and oxygen atoms in total. The van der Waals surface area contributed by atoms with E-state index in [1.165, 1.54) is 15.8 Å². The smallest absolute Gasteiger partial charge is 0.184 e. The van der Waals surface area contributed by atoms with Gasteiger partial charge in [0.1, 0.15) is 11.5 Å². The van der Waals surface area contributed by atoms with Gasteiger partial charge in [-0.2, -0.15) is 0 Å². The number of halogens is 1. The van der Waals surface area contributed by atoms with Crippen LogP contribution in [0.4, 0.5) is 9.52 Å². The van der Waals surface area contributed by atoms with Crippen molar-refractivity contribution in [1.29, 1.82) is 0 Å². The first kappa shape index (κ1) is 22.9. The molecule has 2 aromatic carbocycles. The molecule has 1 aliphatic rings. The zero-order valence-electron chi connectivity index (χ0n) is 19.8. The van der Waals surface area contributed by atoms with Crippen LogP contribution < -0.4 is 5.32 Å². The van der Waals surface area contributed by atoms with Crippen LogP contribution >= 0.6 is 11.3 Å². The molecule has 1 fully saturated rings. The lowest BCUT2D eigenvalue weighted by Crippen LogP contribution is -2.22. The second-order valence-corrected chi connectivity index (χ2v) is 10.3. The summed E-state index contributed by atoms with van der Waals surface area (Å²) in [5, 5.41) is 4.30. The molecule has 0 saturated carbocycles. The number of nitrogens with one attached hydrogen (secondary N) is 1. The van der Waals surface area contributed by atoms with Gasteiger partial charge in [-0.25, -0.2) is 9.37 Å². The standard InChI is InChI=1S/C27H28FN3O2S/c1-16-9-23-24(10-17(16)2)34-26(31-23)30-13-18-5-7-20(8-6-18)25-22(28)12-19(14-29-25)11-21-15-32-27(3,4)33-21/h5-10,12,14,21H,11,13,15H2,1-4H3,(H,30,31)/t21-/m1/s1. The normalized spacial score (nSPS) is 17.4. The number of thiazole rings is 1. The molecule has 0 bridgehead atoms. The third-order valence-corrected chi connectivity index (χ3v) is 7.08. The molecule has 0 radical (unpaired) electrons. The number of benzene rings is 2. The fraction of sp³-hybridized carbons (Fsp3) is 0.333. The molecule has 1 saturated heterocycles. The molecule has 0 amide bonds. The van der Waals surface area contributed by atoms with Crippen LogP contribution in [-0.2, 0) is 22.4 Å². The maximum Gasteiger partial charge on any atom is 0.184 e. The van der Waals surface area contributed by atoms with Gasteiger partial charge >= 0.3 is 0 Å². The summed E-state index contributed by atoms with van der Waals surface area (Å²) >= 11 is 1.66. The van der Waals surface area contributed by atoms with E-state index >= 15 is 0 Å². The van der Waals surface area contributed by atoms with Gasteiger partial charge in [-0.15, -0.1) is 0 Å². The van der Waals surface area contributed by atoms with Gasteiger partial charge < -0.3 is 14.8 Å². The Morgan fingerprint density at radius 3 is 2.56 bits per heavy atom. The number of anilines is 1. The van der Waals surface area contributed by atoms with Crippen molar-refractivity contribution in [2.24, 2.45) is 0 Å². The van der Waals surface area contributed by atoms with Crippen molar-refractivity contribution in [3.8, 4) is 11.3 Å². The average molecular weight is 478 g/mol. The van der Waals surface area contributed by atoms with E-state index in [9.17, 15) is 4.39 Å². The summed E-state index contributed by atoms with van der Waals surface area (Å²) in [6, 6.07) is 13.7. The van der Waals surface area contributed by atoms with E-state index < -0.39 is 5.79 Å². The quantitative estimate of drug-likeness (QED) is 0.347. The van der Waals surface area contributed by atoms with Crippen LogP contribution in [0, 0.1) is 19.7 Å². The highest BCUT2D eigenvalue weighted by Gasteiger charge is 2.32. The molecule has 7 heteroatoms. The summed E-state index contributed by atoms with van der Waals surface area (Å²) in [5.74, 6) is -0.917. The lowest BCUT2D eigenvalue weighted by Gasteiger charge is -2.17. The second kappa shape index (κ2) is 9.06. The molecule has 1 atom stereocenters. The maximum absolute atomic E-state index is 14.8. The Hall–Kier alpha value is -2.87. The van der Waals surface area contributed by atoms with Crippen molar-refractivity contribution < 1.29 is 13.9 Å². The highest BCUT2D eigenvalue weighted by molar-refractivity contribution is 7.22. The van der Waals surface area contributed by atoms with Crippen LogP contribution in [0.1, 0.15) is 36.1 Å². The summed E-state index contributed by atoms with van der Waals surface area (Å²) in [4.78, 5) is 9.08. The Morgan fingerprint density at radius 2 is 1.85 bits per heavy atom. The van der Waals surface area contributed by atoms with E-state index in [-0.39, 0.29) is 11.9 Å². The lowest BCUT2D eigenvalue weighted by atomic mass is 10.1. The van der Waals surface area contributed by atoms with Crippen molar-refractivity contribution in [1.82, 2.24) is 9.97 Å². The molecule has 0 unspecified atom stereocenters.